The summed E-state index contributed by atoms with van der Waals surface area (Å²) in [4.78, 5) is 1.01. The Morgan fingerprint density at radius 2 is 2.04 bits per heavy atom. The lowest BCUT2D eigenvalue weighted by Crippen LogP contribution is -2.16. The van der Waals surface area contributed by atoms with Gasteiger partial charge >= 0.3 is 0 Å². The van der Waals surface area contributed by atoms with Gasteiger partial charge in [0.2, 0.25) is 0 Å². The first kappa shape index (κ1) is 14.1. The fourth-order valence-corrected chi connectivity index (χ4v) is 3.86. The Morgan fingerprint density at radius 1 is 1.17 bits per heavy atom. The van der Waals surface area contributed by atoms with Crippen LogP contribution in [0.15, 0.2) is 53.5 Å². The summed E-state index contributed by atoms with van der Waals surface area (Å²) in [5.74, 6) is 0.568. The van der Waals surface area contributed by atoms with Gasteiger partial charge in [0, 0.05) is 10.6 Å². The lowest BCUT2D eigenvalue weighted by Gasteiger charge is -2.26. The Kier molecular flexibility index (Phi) is 3.41. The lowest BCUT2D eigenvalue weighted by atomic mass is 9.83. The molecule has 3 aromatic rings. The zero-order valence-corrected chi connectivity index (χ0v) is 13.4. The molecule has 0 radical (unpaired) electrons. The molecule has 1 aliphatic heterocycles. The second-order valence-electron chi connectivity index (χ2n) is 5.16. The highest BCUT2D eigenvalue weighted by Gasteiger charge is 2.32. The van der Waals surface area contributed by atoms with Crippen LogP contribution in [0.2, 0.25) is 5.02 Å². The van der Waals surface area contributed by atoms with Crippen molar-refractivity contribution in [1.82, 2.24) is 10.2 Å². The van der Waals surface area contributed by atoms with Crippen molar-refractivity contribution in [2.24, 2.45) is 0 Å². The molecule has 1 aromatic carbocycles. The largest absolute Gasteiger partial charge is 0.338 e. The van der Waals surface area contributed by atoms with Crippen LogP contribution in [0.3, 0.4) is 0 Å². The van der Waals surface area contributed by atoms with E-state index in [0.717, 1.165) is 27.5 Å². The van der Waals surface area contributed by atoms with Crippen LogP contribution in [0.25, 0.3) is 5.70 Å². The number of hydrogen-bond donors (Lipinski definition) is 2. The summed E-state index contributed by atoms with van der Waals surface area (Å²) in [6.45, 7) is 0. The number of hydrogen-bond acceptors (Lipinski definition) is 4. The van der Waals surface area contributed by atoms with Crippen LogP contribution in [0.5, 0.6) is 0 Å². The molecule has 6 heteroatoms. The molecule has 0 spiro atoms. The van der Waals surface area contributed by atoms with Crippen LogP contribution < -0.4 is 5.32 Å². The molecule has 23 heavy (non-hydrogen) atoms. The number of nitrogens with zero attached hydrogens (tertiary/aromatic N) is 2. The number of nitrogens with one attached hydrogen (secondary N) is 2. The van der Waals surface area contributed by atoms with Gasteiger partial charge in [-0.25, -0.2) is 0 Å². The van der Waals surface area contributed by atoms with E-state index in [1.165, 1.54) is 0 Å². The number of aromatic amines is 1. The smallest absolute Gasteiger partial charge is 0.130 e. The van der Waals surface area contributed by atoms with E-state index < -0.39 is 0 Å². The van der Waals surface area contributed by atoms with Gasteiger partial charge in [-0.15, -0.1) is 11.3 Å². The Hall–Kier alpha value is -2.55. The summed E-state index contributed by atoms with van der Waals surface area (Å²) in [7, 11) is 0. The number of halogens is 1. The number of anilines is 1. The lowest BCUT2D eigenvalue weighted by molar-refractivity contribution is 0.972. The van der Waals surface area contributed by atoms with Gasteiger partial charge in [0.1, 0.15) is 5.82 Å². The van der Waals surface area contributed by atoms with E-state index >= 15 is 0 Å². The topological polar surface area (TPSA) is 64.5 Å². The summed E-state index contributed by atoms with van der Waals surface area (Å²) in [6.07, 6.45) is 1.75. The van der Waals surface area contributed by atoms with Crippen molar-refractivity contribution >= 4 is 34.5 Å². The second kappa shape index (κ2) is 5.58. The minimum Gasteiger partial charge on any atom is -0.338 e. The van der Waals surface area contributed by atoms with E-state index in [9.17, 15) is 5.26 Å². The van der Waals surface area contributed by atoms with E-state index in [1.807, 2.05) is 41.8 Å². The van der Waals surface area contributed by atoms with Crippen LogP contribution in [0.1, 0.15) is 21.9 Å². The number of aromatic nitrogens is 2. The zero-order valence-electron chi connectivity index (χ0n) is 11.9. The number of fused-ring (bicyclic) bond motifs is 1. The zero-order chi connectivity index (χ0) is 15.8. The normalized spacial score (nSPS) is 16.6. The van der Waals surface area contributed by atoms with Crippen molar-refractivity contribution in [1.29, 1.82) is 5.26 Å². The molecule has 0 aliphatic carbocycles. The summed E-state index contributed by atoms with van der Waals surface area (Å²) >= 11 is 7.99. The minimum atomic E-state index is -0.235. The Morgan fingerprint density at radius 3 is 2.78 bits per heavy atom. The first-order valence-electron chi connectivity index (χ1n) is 7.02. The minimum absolute atomic E-state index is 0.235. The van der Waals surface area contributed by atoms with Crippen LogP contribution >= 0.6 is 22.9 Å². The third-order valence-corrected chi connectivity index (χ3v) is 5.12. The standard InChI is InChI=1S/C17H11ClN4S/c18-13-5-2-1-4-10(13)15-11(8-19)16(14-6-3-7-23-14)21-17-12(15)9-20-22-17/h1-7,9,15H,(H2,20,21,22). The molecule has 2 aromatic heterocycles. The molecule has 1 atom stereocenters. The number of allylic oxidation sites excluding steroid dienone is 1. The fourth-order valence-electron chi connectivity index (χ4n) is 2.87. The van der Waals surface area contributed by atoms with Crippen LogP contribution in [-0.2, 0) is 0 Å². The first-order chi connectivity index (χ1) is 11.3. The Bertz CT molecular complexity index is 934. The van der Waals surface area contributed by atoms with Crippen molar-refractivity contribution in [2.75, 3.05) is 5.32 Å². The molecule has 4 nitrogen and oxygen atoms in total. The maximum atomic E-state index is 9.83. The predicted molar refractivity (Wildman–Crippen MR) is 92.4 cm³/mol. The van der Waals surface area contributed by atoms with Crippen molar-refractivity contribution < 1.29 is 0 Å². The van der Waals surface area contributed by atoms with Gasteiger partial charge in [0.05, 0.1) is 34.3 Å². The number of nitriles is 1. The summed E-state index contributed by atoms with van der Waals surface area (Å²) < 4.78 is 0. The third-order valence-electron chi connectivity index (χ3n) is 3.89. The molecule has 1 aliphatic rings. The van der Waals surface area contributed by atoms with Gasteiger partial charge in [-0.05, 0) is 23.1 Å². The maximum Gasteiger partial charge on any atom is 0.130 e. The molecule has 2 N–H and O–H groups in total. The van der Waals surface area contributed by atoms with Gasteiger partial charge in [-0.2, -0.15) is 10.4 Å². The van der Waals surface area contributed by atoms with Crippen molar-refractivity contribution in [3.05, 3.63) is 74.6 Å². The molecular formula is C17H11ClN4S. The fraction of sp³-hybridized carbons (Fsp3) is 0.0588. The maximum absolute atomic E-state index is 9.83. The van der Waals surface area contributed by atoms with Crippen LogP contribution in [0.4, 0.5) is 5.82 Å². The Labute approximate surface area is 142 Å². The number of benzene rings is 1. The highest BCUT2D eigenvalue weighted by molar-refractivity contribution is 7.11. The molecule has 0 saturated heterocycles. The van der Waals surface area contributed by atoms with Gasteiger partial charge < -0.3 is 5.32 Å². The van der Waals surface area contributed by atoms with Crippen LogP contribution in [0, 0.1) is 11.3 Å². The first-order valence-corrected chi connectivity index (χ1v) is 8.28. The molecule has 4 rings (SSSR count). The van der Waals surface area contributed by atoms with Gasteiger partial charge in [0.15, 0.2) is 0 Å². The predicted octanol–water partition coefficient (Wildman–Crippen LogP) is 4.62. The number of H-pyrrole nitrogens is 1. The molecule has 0 bridgehead atoms. The highest BCUT2D eigenvalue weighted by atomic mass is 35.5. The molecule has 1 unspecified atom stereocenters. The molecule has 0 saturated carbocycles. The van der Waals surface area contributed by atoms with Gasteiger partial charge in [-0.1, -0.05) is 35.9 Å². The van der Waals surface area contributed by atoms with E-state index in [-0.39, 0.29) is 5.92 Å². The SMILES string of the molecule is N#CC1=C(c2cccs2)Nc2[nH]ncc2C1c1ccccc1Cl. The average Bonchev–Trinajstić information content (AvgIpc) is 3.25. The van der Waals surface area contributed by atoms with E-state index in [0.29, 0.717) is 10.6 Å². The summed E-state index contributed by atoms with van der Waals surface area (Å²) in [6, 6.07) is 14.0. The van der Waals surface area contributed by atoms with E-state index in [4.69, 9.17) is 11.6 Å². The third kappa shape index (κ3) is 2.24. The molecule has 0 amide bonds. The van der Waals surface area contributed by atoms with E-state index in [1.54, 1.807) is 17.5 Å². The monoisotopic (exact) mass is 338 g/mol. The second-order valence-corrected chi connectivity index (χ2v) is 6.51. The Balaban J connectivity index is 1.98. The quantitative estimate of drug-likeness (QED) is 0.716. The van der Waals surface area contributed by atoms with Crippen LogP contribution in [-0.4, -0.2) is 10.2 Å². The number of rotatable bonds is 2. The molecular weight excluding hydrogens is 328 g/mol. The van der Waals surface area contributed by atoms with E-state index in [2.05, 4.69) is 21.6 Å². The summed E-state index contributed by atoms with van der Waals surface area (Å²) in [5.41, 5.74) is 3.29. The summed E-state index contributed by atoms with van der Waals surface area (Å²) in [5, 5.41) is 22.9. The highest BCUT2D eigenvalue weighted by Crippen LogP contribution is 2.45. The number of thiophene rings is 1. The van der Waals surface area contributed by atoms with Gasteiger partial charge in [0.25, 0.3) is 0 Å². The van der Waals surface area contributed by atoms with Gasteiger partial charge in [-0.3, -0.25) is 5.10 Å². The van der Waals surface area contributed by atoms with Crippen molar-refractivity contribution in [3.8, 4) is 6.07 Å². The molecule has 112 valence electrons. The van der Waals surface area contributed by atoms with Crippen molar-refractivity contribution in [2.45, 2.75) is 5.92 Å². The average molecular weight is 339 g/mol. The molecule has 0 fully saturated rings. The van der Waals surface area contributed by atoms with Crippen molar-refractivity contribution in [3.63, 3.8) is 0 Å². The molecule has 3 heterocycles.